The normalized spacial score (nSPS) is 11.4. The van der Waals surface area contributed by atoms with Crippen LogP contribution in [-0.2, 0) is 16.6 Å². The summed E-state index contributed by atoms with van der Waals surface area (Å²) in [4.78, 5) is -0.195. The molecule has 4 nitrogen and oxygen atoms in total. The number of sulfonamides is 1. The van der Waals surface area contributed by atoms with Gasteiger partial charge in [0.15, 0.2) is 11.6 Å². The van der Waals surface area contributed by atoms with E-state index in [4.69, 9.17) is 9.88 Å². The van der Waals surface area contributed by atoms with Crippen LogP contribution in [0.5, 0.6) is 5.75 Å². The molecule has 0 unspecified atom stereocenters. The maximum Gasteiger partial charge on any atom is 0.241 e. The Hall–Kier alpha value is -1.51. The summed E-state index contributed by atoms with van der Waals surface area (Å²) in [5.74, 6) is -1.93. The molecule has 2 aromatic rings. The van der Waals surface area contributed by atoms with E-state index in [9.17, 15) is 17.2 Å². The average molecular weight is 378 g/mol. The number of primary sulfonamides is 1. The highest BCUT2D eigenvalue weighted by Crippen LogP contribution is 2.27. The second-order valence-corrected chi connectivity index (χ2v) is 6.62. The van der Waals surface area contributed by atoms with Crippen molar-refractivity contribution in [1.29, 1.82) is 0 Å². The van der Waals surface area contributed by atoms with Crippen LogP contribution in [0.1, 0.15) is 5.56 Å². The molecule has 2 N–H and O–H groups in total. The summed E-state index contributed by atoms with van der Waals surface area (Å²) in [6.07, 6.45) is 0. The van der Waals surface area contributed by atoms with Crippen molar-refractivity contribution in [3.05, 3.63) is 58.1 Å². The summed E-state index contributed by atoms with van der Waals surface area (Å²) >= 11 is 3.14. The molecule has 0 aromatic heterocycles. The van der Waals surface area contributed by atoms with Crippen LogP contribution in [0.3, 0.4) is 0 Å². The zero-order valence-corrected chi connectivity index (χ0v) is 12.9. The third-order valence-electron chi connectivity index (χ3n) is 2.59. The fourth-order valence-electron chi connectivity index (χ4n) is 1.61. The Kier molecular flexibility index (Phi) is 4.60. The standard InChI is InChI=1S/C13H10BrF2NO3S/c14-9-2-4-12(13(6-9)21(17,18)19)20-7-8-1-3-10(15)11(16)5-8/h1-6H,7H2,(H2,17,18,19). The molecule has 0 aliphatic rings. The van der Waals surface area contributed by atoms with Gasteiger partial charge < -0.3 is 4.74 Å². The number of ether oxygens (including phenoxy) is 1. The third-order valence-corrected chi connectivity index (χ3v) is 4.02. The van der Waals surface area contributed by atoms with E-state index in [0.29, 0.717) is 10.0 Å². The Morgan fingerprint density at radius 2 is 1.81 bits per heavy atom. The number of nitrogens with two attached hydrogens (primary N) is 1. The lowest BCUT2D eigenvalue weighted by atomic mass is 10.2. The molecule has 0 aliphatic heterocycles. The van der Waals surface area contributed by atoms with Crippen LogP contribution in [0.25, 0.3) is 0 Å². The van der Waals surface area contributed by atoms with Crippen LogP contribution >= 0.6 is 15.9 Å². The summed E-state index contributed by atoms with van der Waals surface area (Å²) < 4.78 is 54.7. The highest BCUT2D eigenvalue weighted by molar-refractivity contribution is 9.10. The van der Waals surface area contributed by atoms with Crippen LogP contribution in [0.4, 0.5) is 8.78 Å². The van der Waals surface area contributed by atoms with Gasteiger partial charge in [-0.3, -0.25) is 0 Å². The molecule has 8 heteroatoms. The second-order valence-electron chi connectivity index (χ2n) is 4.17. The van der Waals surface area contributed by atoms with Crippen molar-refractivity contribution in [3.8, 4) is 5.75 Å². The van der Waals surface area contributed by atoms with Crippen LogP contribution in [0, 0.1) is 11.6 Å². The highest BCUT2D eigenvalue weighted by Gasteiger charge is 2.16. The van der Waals surface area contributed by atoms with Crippen LogP contribution in [-0.4, -0.2) is 8.42 Å². The average Bonchev–Trinajstić information content (AvgIpc) is 2.40. The van der Waals surface area contributed by atoms with Gasteiger partial charge >= 0.3 is 0 Å². The number of halogens is 3. The molecule has 2 aromatic carbocycles. The molecule has 2 rings (SSSR count). The lowest BCUT2D eigenvalue weighted by Gasteiger charge is -2.11. The summed E-state index contributed by atoms with van der Waals surface area (Å²) in [5, 5.41) is 5.10. The Morgan fingerprint density at radius 3 is 2.43 bits per heavy atom. The molecule has 21 heavy (non-hydrogen) atoms. The summed E-state index contributed by atoms with van der Waals surface area (Å²) in [5.41, 5.74) is 0.359. The van der Waals surface area contributed by atoms with Crippen molar-refractivity contribution >= 4 is 26.0 Å². The first-order valence-corrected chi connectivity index (χ1v) is 8.00. The molecule has 0 radical (unpaired) electrons. The smallest absolute Gasteiger partial charge is 0.241 e. The molecule has 0 heterocycles. The molecule has 112 valence electrons. The molecule has 0 saturated carbocycles. The van der Waals surface area contributed by atoms with Gasteiger partial charge in [-0.25, -0.2) is 22.3 Å². The van der Waals surface area contributed by atoms with Gasteiger partial charge in [0.1, 0.15) is 17.3 Å². The highest BCUT2D eigenvalue weighted by atomic mass is 79.9. The van der Waals surface area contributed by atoms with Crippen LogP contribution in [0.2, 0.25) is 0 Å². The van der Waals surface area contributed by atoms with E-state index < -0.39 is 21.7 Å². The van der Waals surface area contributed by atoms with E-state index >= 15 is 0 Å². The van der Waals surface area contributed by atoms with Gasteiger partial charge in [-0.2, -0.15) is 0 Å². The van der Waals surface area contributed by atoms with E-state index in [2.05, 4.69) is 15.9 Å². The topological polar surface area (TPSA) is 69.4 Å². The lowest BCUT2D eigenvalue weighted by Crippen LogP contribution is -2.14. The van der Waals surface area contributed by atoms with Crippen molar-refractivity contribution in [3.63, 3.8) is 0 Å². The zero-order chi connectivity index (χ0) is 15.6. The fraction of sp³-hybridized carbons (Fsp3) is 0.0769. The van der Waals surface area contributed by atoms with Gasteiger partial charge in [-0.05, 0) is 35.9 Å². The predicted molar refractivity (Wildman–Crippen MR) is 76.2 cm³/mol. The molecule has 0 aliphatic carbocycles. The molecule has 0 spiro atoms. The van der Waals surface area contributed by atoms with Gasteiger partial charge in [-0.15, -0.1) is 0 Å². The summed E-state index contributed by atoms with van der Waals surface area (Å²) in [7, 11) is -3.96. The Morgan fingerprint density at radius 1 is 1.10 bits per heavy atom. The molecular formula is C13H10BrF2NO3S. The van der Waals surface area contributed by atoms with Crippen LogP contribution < -0.4 is 9.88 Å². The first kappa shape index (κ1) is 15.9. The lowest BCUT2D eigenvalue weighted by molar-refractivity contribution is 0.297. The van der Waals surface area contributed by atoms with Crippen molar-refractivity contribution in [2.75, 3.05) is 0 Å². The van der Waals surface area contributed by atoms with Gasteiger partial charge in [0, 0.05) is 4.47 Å². The van der Waals surface area contributed by atoms with Gasteiger partial charge in [0.05, 0.1) is 0 Å². The number of hydrogen-bond donors (Lipinski definition) is 1. The monoisotopic (exact) mass is 377 g/mol. The van der Waals surface area contributed by atoms with E-state index in [1.54, 1.807) is 6.07 Å². The largest absolute Gasteiger partial charge is 0.487 e. The van der Waals surface area contributed by atoms with E-state index in [1.807, 2.05) is 0 Å². The van der Waals surface area contributed by atoms with E-state index in [-0.39, 0.29) is 17.3 Å². The Labute approximate surface area is 128 Å². The fourth-order valence-corrected chi connectivity index (χ4v) is 2.83. The molecular weight excluding hydrogens is 368 g/mol. The zero-order valence-electron chi connectivity index (χ0n) is 10.5. The number of hydrogen-bond acceptors (Lipinski definition) is 3. The third kappa shape index (κ3) is 3.99. The van der Waals surface area contributed by atoms with Gasteiger partial charge in [0.25, 0.3) is 0 Å². The summed E-state index contributed by atoms with van der Waals surface area (Å²) in [6, 6.07) is 7.59. The van der Waals surface area contributed by atoms with Crippen molar-refractivity contribution < 1.29 is 21.9 Å². The van der Waals surface area contributed by atoms with E-state index in [0.717, 1.165) is 12.1 Å². The number of rotatable bonds is 4. The van der Waals surface area contributed by atoms with Crippen molar-refractivity contribution in [1.82, 2.24) is 0 Å². The maximum absolute atomic E-state index is 13.1. The first-order valence-electron chi connectivity index (χ1n) is 5.66. The Balaban J connectivity index is 2.26. The van der Waals surface area contributed by atoms with Crippen molar-refractivity contribution in [2.24, 2.45) is 5.14 Å². The molecule has 0 saturated heterocycles. The Bertz CT molecular complexity index is 781. The predicted octanol–water partition coefficient (Wildman–Crippen LogP) is 2.95. The van der Waals surface area contributed by atoms with Crippen molar-refractivity contribution in [2.45, 2.75) is 11.5 Å². The van der Waals surface area contributed by atoms with Crippen LogP contribution in [0.15, 0.2) is 45.8 Å². The van der Waals surface area contributed by atoms with Gasteiger partial charge in [-0.1, -0.05) is 22.0 Å². The molecule has 0 atom stereocenters. The summed E-state index contributed by atoms with van der Waals surface area (Å²) in [6.45, 7) is -0.124. The van der Waals surface area contributed by atoms with Gasteiger partial charge in [0.2, 0.25) is 10.0 Å². The molecule has 0 bridgehead atoms. The molecule has 0 amide bonds. The minimum absolute atomic E-state index is 0.0328. The first-order chi connectivity index (χ1) is 9.77. The second kappa shape index (κ2) is 6.08. The quantitative estimate of drug-likeness (QED) is 0.890. The van der Waals surface area contributed by atoms with E-state index in [1.165, 1.54) is 18.2 Å². The minimum atomic E-state index is -3.96. The maximum atomic E-state index is 13.1. The number of benzene rings is 2. The SMILES string of the molecule is NS(=O)(=O)c1cc(Br)ccc1OCc1ccc(F)c(F)c1. The molecule has 0 fully saturated rings. The minimum Gasteiger partial charge on any atom is -0.487 e.